The molecule has 0 fully saturated rings. The Hall–Kier alpha value is -0.570. The molecule has 0 aromatic heterocycles. The first-order chi connectivity index (χ1) is 5.20. The molecule has 0 aliphatic heterocycles. The van der Waals surface area contributed by atoms with E-state index >= 15 is 0 Å². The molecule has 0 aromatic rings. The highest BCUT2D eigenvalue weighted by molar-refractivity contribution is 5.66. The number of carboxylic acid groups (broad SMARTS) is 1. The van der Waals surface area contributed by atoms with E-state index in [4.69, 9.17) is 9.84 Å². The van der Waals surface area contributed by atoms with E-state index in [9.17, 15) is 4.79 Å². The Morgan fingerprint density at radius 1 is 1.64 bits per heavy atom. The maximum Gasteiger partial charge on any atom is 0.303 e. The maximum absolute atomic E-state index is 10.3. The lowest BCUT2D eigenvalue weighted by Gasteiger charge is -2.10. The molecular formula is C8H16O3. The van der Waals surface area contributed by atoms with Gasteiger partial charge >= 0.3 is 5.97 Å². The van der Waals surface area contributed by atoms with Crippen molar-refractivity contribution >= 4 is 5.97 Å². The SMILES string of the molecule is CCC(CCOC)CC(=O)O. The van der Waals surface area contributed by atoms with E-state index in [1.807, 2.05) is 6.92 Å². The molecule has 0 spiro atoms. The monoisotopic (exact) mass is 160 g/mol. The van der Waals surface area contributed by atoms with Gasteiger partial charge in [-0.2, -0.15) is 0 Å². The Morgan fingerprint density at radius 3 is 2.64 bits per heavy atom. The highest BCUT2D eigenvalue weighted by atomic mass is 16.5. The van der Waals surface area contributed by atoms with Crippen molar-refractivity contribution in [3.63, 3.8) is 0 Å². The standard InChI is InChI=1S/C8H16O3/c1-3-7(4-5-11-2)6-8(9)10/h7H,3-6H2,1-2H3,(H,9,10). The molecule has 66 valence electrons. The van der Waals surface area contributed by atoms with Gasteiger partial charge in [-0.05, 0) is 12.3 Å². The quantitative estimate of drug-likeness (QED) is 0.640. The first-order valence-corrected chi connectivity index (χ1v) is 3.91. The van der Waals surface area contributed by atoms with Crippen molar-refractivity contribution in [3.8, 4) is 0 Å². The molecule has 0 saturated heterocycles. The first-order valence-electron chi connectivity index (χ1n) is 3.91. The molecule has 0 rings (SSSR count). The number of ether oxygens (including phenoxy) is 1. The van der Waals surface area contributed by atoms with Crippen LogP contribution >= 0.6 is 0 Å². The molecule has 0 aromatic carbocycles. The van der Waals surface area contributed by atoms with E-state index in [0.717, 1.165) is 12.8 Å². The van der Waals surface area contributed by atoms with Crippen molar-refractivity contribution in [2.45, 2.75) is 26.2 Å². The third-order valence-electron chi connectivity index (χ3n) is 1.77. The summed E-state index contributed by atoms with van der Waals surface area (Å²) >= 11 is 0. The van der Waals surface area contributed by atoms with Crippen LogP contribution in [0.2, 0.25) is 0 Å². The molecular weight excluding hydrogens is 144 g/mol. The van der Waals surface area contributed by atoms with Crippen LogP contribution in [0.15, 0.2) is 0 Å². The van der Waals surface area contributed by atoms with Gasteiger partial charge < -0.3 is 9.84 Å². The van der Waals surface area contributed by atoms with Crippen LogP contribution in [0.4, 0.5) is 0 Å². The molecule has 0 saturated carbocycles. The van der Waals surface area contributed by atoms with Gasteiger partial charge in [0.1, 0.15) is 0 Å². The van der Waals surface area contributed by atoms with Crippen molar-refractivity contribution in [1.29, 1.82) is 0 Å². The van der Waals surface area contributed by atoms with E-state index in [2.05, 4.69) is 0 Å². The summed E-state index contributed by atoms with van der Waals surface area (Å²) in [5, 5.41) is 8.47. The van der Waals surface area contributed by atoms with Crippen LogP contribution in [0.25, 0.3) is 0 Å². The molecule has 0 aliphatic carbocycles. The summed E-state index contributed by atoms with van der Waals surface area (Å²) in [6, 6.07) is 0. The van der Waals surface area contributed by atoms with Gasteiger partial charge in [0, 0.05) is 20.1 Å². The van der Waals surface area contributed by atoms with Gasteiger partial charge in [0.25, 0.3) is 0 Å². The third-order valence-corrected chi connectivity index (χ3v) is 1.77. The van der Waals surface area contributed by atoms with Gasteiger partial charge in [0.15, 0.2) is 0 Å². The minimum atomic E-state index is -0.715. The lowest BCUT2D eigenvalue weighted by Crippen LogP contribution is -2.09. The second-order valence-electron chi connectivity index (χ2n) is 2.65. The van der Waals surface area contributed by atoms with Crippen LogP contribution in [0.1, 0.15) is 26.2 Å². The zero-order chi connectivity index (χ0) is 8.69. The number of aliphatic carboxylic acids is 1. The van der Waals surface area contributed by atoms with Gasteiger partial charge in [-0.25, -0.2) is 0 Å². The molecule has 3 nitrogen and oxygen atoms in total. The van der Waals surface area contributed by atoms with E-state index in [1.54, 1.807) is 7.11 Å². The Morgan fingerprint density at radius 2 is 2.27 bits per heavy atom. The Bertz CT molecular complexity index is 112. The zero-order valence-corrected chi connectivity index (χ0v) is 7.17. The first kappa shape index (κ1) is 10.4. The number of carboxylic acids is 1. The average molecular weight is 160 g/mol. The summed E-state index contributed by atoms with van der Waals surface area (Å²) in [5.74, 6) is -0.444. The molecule has 1 N–H and O–H groups in total. The third kappa shape index (κ3) is 5.85. The van der Waals surface area contributed by atoms with Crippen LogP contribution in [-0.2, 0) is 9.53 Å². The summed E-state index contributed by atoms with van der Waals surface area (Å²) in [7, 11) is 1.63. The molecule has 11 heavy (non-hydrogen) atoms. The molecule has 1 unspecified atom stereocenters. The summed E-state index contributed by atoms with van der Waals surface area (Å²) in [6.45, 7) is 2.66. The van der Waals surface area contributed by atoms with Gasteiger partial charge in [0.05, 0.1) is 0 Å². The molecule has 0 amide bonds. The van der Waals surface area contributed by atoms with Gasteiger partial charge in [-0.1, -0.05) is 13.3 Å². The highest BCUT2D eigenvalue weighted by Crippen LogP contribution is 2.12. The van der Waals surface area contributed by atoms with Gasteiger partial charge in [0.2, 0.25) is 0 Å². The topological polar surface area (TPSA) is 46.5 Å². The fourth-order valence-corrected chi connectivity index (χ4v) is 0.982. The van der Waals surface area contributed by atoms with Crippen molar-refractivity contribution in [1.82, 2.24) is 0 Å². The van der Waals surface area contributed by atoms with Gasteiger partial charge in [-0.15, -0.1) is 0 Å². The largest absolute Gasteiger partial charge is 0.481 e. The number of carbonyl (C=O) groups is 1. The molecule has 0 bridgehead atoms. The van der Waals surface area contributed by atoms with Crippen molar-refractivity contribution in [2.24, 2.45) is 5.92 Å². The average Bonchev–Trinajstić information content (AvgIpc) is 1.97. The minimum Gasteiger partial charge on any atom is -0.481 e. The smallest absolute Gasteiger partial charge is 0.303 e. The van der Waals surface area contributed by atoms with E-state index in [0.29, 0.717) is 6.61 Å². The van der Waals surface area contributed by atoms with Crippen molar-refractivity contribution in [2.75, 3.05) is 13.7 Å². The lowest BCUT2D eigenvalue weighted by atomic mass is 9.99. The molecule has 1 atom stereocenters. The lowest BCUT2D eigenvalue weighted by molar-refractivity contribution is -0.138. The zero-order valence-electron chi connectivity index (χ0n) is 7.17. The van der Waals surface area contributed by atoms with Crippen LogP contribution in [0, 0.1) is 5.92 Å². The Labute approximate surface area is 67.4 Å². The minimum absolute atomic E-state index is 0.264. The number of methoxy groups -OCH3 is 1. The van der Waals surface area contributed by atoms with E-state index < -0.39 is 5.97 Å². The number of hydrogen-bond donors (Lipinski definition) is 1. The summed E-state index contributed by atoms with van der Waals surface area (Å²) in [5.41, 5.74) is 0. The van der Waals surface area contributed by atoms with Crippen molar-refractivity contribution < 1.29 is 14.6 Å². The molecule has 0 heterocycles. The van der Waals surface area contributed by atoms with Crippen LogP contribution in [0.3, 0.4) is 0 Å². The van der Waals surface area contributed by atoms with Crippen LogP contribution < -0.4 is 0 Å². The number of rotatable bonds is 6. The van der Waals surface area contributed by atoms with E-state index in [1.165, 1.54) is 0 Å². The van der Waals surface area contributed by atoms with Gasteiger partial charge in [-0.3, -0.25) is 4.79 Å². The van der Waals surface area contributed by atoms with Crippen LogP contribution in [-0.4, -0.2) is 24.8 Å². The number of hydrogen-bond acceptors (Lipinski definition) is 2. The predicted octanol–water partition coefficient (Wildman–Crippen LogP) is 1.52. The fraction of sp³-hybridized carbons (Fsp3) is 0.875. The molecule has 0 radical (unpaired) electrons. The summed E-state index contributed by atoms with van der Waals surface area (Å²) in [4.78, 5) is 10.3. The Balaban J connectivity index is 3.49. The van der Waals surface area contributed by atoms with E-state index in [-0.39, 0.29) is 12.3 Å². The second-order valence-corrected chi connectivity index (χ2v) is 2.65. The summed E-state index contributed by atoms with van der Waals surface area (Å²) < 4.78 is 4.86. The normalized spacial score (nSPS) is 12.9. The Kier molecular flexibility index (Phi) is 5.84. The highest BCUT2D eigenvalue weighted by Gasteiger charge is 2.09. The molecule has 3 heteroatoms. The fourth-order valence-electron chi connectivity index (χ4n) is 0.982. The summed E-state index contributed by atoms with van der Waals surface area (Å²) in [6.07, 6.45) is 2.02. The predicted molar refractivity (Wildman–Crippen MR) is 42.5 cm³/mol. The van der Waals surface area contributed by atoms with Crippen LogP contribution in [0.5, 0.6) is 0 Å². The maximum atomic E-state index is 10.3. The molecule has 0 aliphatic rings. The second kappa shape index (κ2) is 6.16. The van der Waals surface area contributed by atoms with Crippen molar-refractivity contribution in [3.05, 3.63) is 0 Å².